The van der Waals surface area contributed by atoms with Crippen LogP contribution in [0.5, 0.6) is 0 Å². The van der Waals surface area contributed by atoms with Gasteiger partial charge in [0.25, 0.3) is 5.91 Å². The number of rotatable bonds is 5. The van der Waals surface area contributed by atoms with E-state index in [9.17, 15) is 4.79 Å². The highest BCUT2D eigenvalue weighted by atomic mass is 32.1. The molecule has 0 spiro atoms. The average Bonchev–Trinajstić information content (AvgIpc) is 3.25. The number of thiazole rings is 1. The van der Waals surface area contributed by atoms with Gasteiger partial charge in [-0.1, -0.05) is 6.92 Å². The van der Waals surface area contributed by atoms with Gasteiger partial charge in [-0.2, -0.15) is 0 Å². The average molecular weight is 334 g/mol. The van der Waals surface area contributed by atoms with Gasteiger partial charge in [0.15, 0.2) is 0 Å². The molecule has 1 saturated heterocycles. The van der Waals surface area contributed by atoms with Gasteiger partial charge in [0.1, 0.15) is 23.0 Å². The van der Waals surface area contributed by atoms with Gasteiger partial charge in [-0.3, -0.25) is 4.79 Å². The number of likely N-dealkylation sites (tertiary alicyclic amines) is 1. The molecule has 1 fully saturated rings. The second-order valence-corrected chi connectivity index (χ2v) is 6.85. The second-order valence-electron chi connectivity index (χ2n) is 5.77. The highest BCUT2D eigenvalue weighted by Crippen LogP contribution is 2.35. The molecule has 0 aliphatic carbocycles. The first-order valence-corrected chi connectivity index (χ1v) is 8.80. The van der Waals surface area contributed by atoms with Gasteiger partial charge >= 0.3 is 0 Å². The maximum absolute atomic E-state index is 12.9. The summed E-state index contributed by atoms with van der Waals surface area (Å²) in [5.74, 6) is 1.72. The van der Waals surface area contributed by atoms with Crippen LogP contribution in [-0.4, -0.2) is 29.4 Å². The Hall–Kier alpha value is -1.66. The predicted octanol–water partition coefficient (Wildman–Crippen LogP) is 3.73. The first-order chi connectivity index (χ1) is 11.1. The van der Waals surface area contributed by atoms with Crippen LogP contribution in [0.2, 0.25) is 0 Å². The largest absolute Gasteiger partial charge is 0.461 e. The van der Waals surface area contributed by atoms with Crippen molar-refractivity contribution in [1.29, 1.82) is 0 Å². The lowest BCUT2D eigenvalue weighted by molar-refractivity contribution is 0.0720. The van der Waals surface area contributed by atoms with E-state index in [0.717, 1.165) is 52.9 Å². The SMILES string of the molecule is CCc1nc(C)c(C(=O)N2CCCC2c2ccc(COC)o2)s1. The third-order valence-electron chi connectivity index (χ3n) is 4.15. The normalized spacial score (nSPS) is 17.9. The Bertz CT molecular complexity index is 692. The van der Waals surface area contributed by atoms with Gasteiger partial charge < -0.3 is 14.1 Å². The molecule has 124 valence electrons. The van der Waals surface area contributed by atoms with Crippen molar-refractivity contribution >= 4 is 17.2 Å². The Balaban J connectivity index is 1.82. The maximum Gasteiger partial charge on any atom is 0.266 e. The Labute approximate surface area is 140 Å². The van der Waals surface area contributed by atoms with E-state index in [1.165, 1.54) is 11.3 Å². The Morgan fingerprint density at radius 3 is 3.04 bits per heavy atom. The number of nitrogens with zero attached hydrogens (tertiary/aromatic N) is 2. The minimum Gasteiger partial charge on any atom is -0.461 e. The van der Waals surface area contributed by atoms with Crippen molar-refractivity contribution < 1.29 is 13.9 Å². The van der Waals surface area contributed by atoms with Crippen molar-refractivity contribution in [3.05, 3.63) is 39.2 Å². The fourth-order valence-electron chi connectivity index (χ4n) is 3.03. The van der Waals surface area contributed by atoms with E-state index in [-0.39, 0.29) is 11.9 Å². The molecule has 0 aromatic carbocycles. The van der Waals surface area contributed by atoms with Crippen LogP contribution in [0.1, 0.15) is 57.7 Å². The van der Waals surface area contributed by atoms with Gasteiger partial charge in [-0.05, 0) is 38.3 Å². The summed E-state index contributed by atoms with van der Waals surface area (Å²) in [5.41, 5.74) is 0.835. The third-order valence-corrected chi connectivity index (χ3v) is 5.44. The zero-order valence-corrected chi connectivity index (χ0v) is 14.6. The Morgan fingerprint density at radius 1 is 1.52 bits per heavy atom. The van der Waals surface area contributed by atoms with Crippen molar-refractivity contribution in [2.24, 2.45) is 0 Å². The summed E-state index contributed by atoms with van der Waals surface area (Å²) in [6, 6.07) is 3.90. The van der Waals surface area contributed by atoms with E-state index >= 15 is 0 Å². The molecule has 5 nitrogen and oxygen atoms in total. The highest BCUT2D eigenvalue weighted by Gasteiger charge is 2.34. The minimum absolute atomic E-state index is 0.0136. The zero-order chi connectivity index (χ0) is 16.4. The van der Waals surface area contributed by atoms with Crippen molar-refractivity contribution in [2.45, 2.75) is 45.8 Å². The number of aromatic nitrogens is 1. The summed E-state index contributed by atoms with van der Waals surface area (Å²) in [5, 5.41) is 1.02. The quantitative estimate of drug-likeness (QED) is 0.836. The topological polar surface area (TPSA) is 55.6 Å². The molecule has 0 radical (unpaired) electrons. The summed E-state index contributed by atoms with van der Waals surface area (Å²) < 4.78 is 10.9. The number of carbonyl (C=O) groups excluding carboxylic acids is 1. The zero-order valence-electron chi connectivity index (χ0n) is 13.8. The summed E-state index contributed by atoms with van der Waals surface area (Å²) >= 11 is 1.51. The first kappa shape index (κ1) is 16.2. The maximum atomic E-state index is 12.9. The molecule has 1 atom stereocenters. The number of ether oxygens (including phenoxy) is 1. The lowest BCUT2D eigenvalue weighted by atomic mass is 10.1. The molecular weight excluding hydrogens is 312 g/mol. The fourth-order valence-corrected chi connectivity index (χ4v) is 3.99. The summed E-state index contributed by atoms with van der Waals surface area (Å²) in [4.78, 5) is 20.1. The van der Waals surface area contributed by atoms with Crippen LogP contribution >= 0.6 is 11.3 Å². The van der Waals surface area contributed by atoms with Crippen LogP contribution in [0.4, 0.5) is 0 Å². The molecule has 2 aromatic rings. The molecule has 1 unspecified atom stereocenters. The van der Waals surface area contributed by atoms with Crippen LogP contribution in [0.3, 0.4) is 0 Å². The highest BCUT2D eigenvalue weighted by molar-refractivity contribution is 7.13. The van der Waals surface area contributed by atoms with Crippen molar-refractivity contribution in [3.8, 4) is 0 Å². The molecule has 6 heteroatoms. The molecule has 0 N–H and O–H groups in total. The molecule has 0 saturated carbocycles. The standard InChI is InChI=1S/C17H22N2O3S/c1-4-15-18-11(2)16(23-15)17(20)19-9-5-6-13(19)14-8-7-12(22-14)10-21-3/h7-8,13H,4-6,9-10H2,1-3H3. The van der Waals surface area contributed by atoms with Gasteiger partial charge in [0.2, 0.25) is 0 Å². The number of hydrogen-bond acceptors (Lipinski definition) is 5. The van der Waals surface area contributed by atoms with Crippen LogP contribution in [0.25, 0.3) is 0 Å². The second kappa shape index (κ2) is 6.84. The number of hydrogen-bond donors (Lipinski definition) is 0. The van der Waals surface area contributed by atoms with Gasteiger partial charge in [0.05, 0.1) is 16.7 Å². The molecule has 1 aliphatic heterocycles. The number of aryl methyl sites for hydroxylation is 2. The van der Waals surface area contributed by atoms with Gasteiger partial charge in [-0.15, -0.1) is 11.3 Å². The van der Waals surface area contributed by atoms with E-state index in [1.54, 1.807) is 7.11 Å². The Morgan fingerprint density at radius 2 is 2.35 bits per heavy atom. The minimum atomic E-state index is 0.0136. The van der Waals surface area contributed by atoms with Gasteiger partial charge in [-0.25, -0.2) is 4.98 Å². The van der Waals surface area contributed by atoms with E-state index < -0.39 is 0 Å². The predicted molar refractivity (Wildman–Crippen MR) is 88.7 cm³/mol. The van der Waals surface area contributed by atoms with E-state index in [1.807, 2.05) is 24.0 Å². The first-order valence-electron chi connectivity index (χ1n) is 7.98. The van der Waals surface area contributed by atoms with Crippen LogP contribution in [0.15, 0.2) is 16.5 Å². The van der Waals surface area contributed by atoms with E-state index in [4.69, 9.17) is 9.15 Å². The smallest absolute Gasteiger partial charge is 0.266 e. The van der Waals surface area contributed by atoms with Crippen molar-refractivity contribution in [3.63, 3.8) is 0 Å². The Kier molecular flexibility index (Phi) is 4.82. The lowest BCUT2D eigenvalue weighted by Gasteiger charge is -2.22. The summed E-state index contributed by atoms with van der Waals surface area (Å²) in [7, 11) is 1.64. The molecule has 0 bridgehead atoms. The number of amides is 1. The summed E-state index contributed by atoms with van der Waals surface area (Å²) in [6.07, 6.45) is 2.79. The molecule has 3 rings (SSSR count). The number of carbonyl (C=O) groups is 1. The lowest BCUT2D eigenvalue weighted by Crippen LogP contribution is -2.30. The van der Waals surface area contributed by atoms with Crippen molar-refractivity contribution in [1.82, 2.24) is 9.88 Å². The summed E-state index contributed by atoms with van der Waals surface area (Å²) in [6.45, 7) is 5.19. The third kappa shape index (κ3) is 3.19. The fraction of sp³-hybridized carbons (Fsp3) is 0.529. The van der Waals surface area contributed by atoms with E-state index in [0.29, 0.717) is 6.61 Å². The van der Waals surface area contributed by atoms with Crippen LogP contribution < -0.4 is 0 Å². The monoisotopic (exact) mass is 334 g/mol. The van der Waals surface area contributed by atoms with Crippen LogP contribution in [-0.2, 0) is 17.8 Å². The molecule has 3 heterocycles. The van der Waals surface area contributed by atoms with Crippen LogP contribution in [0, 0.1) is 6.92 Å². The van der Waals surface area contributed by atoms with Gasteiger partial charge in [0, 0.05) is 13.7 Å². The van der Waals surface area contributed by atoms with E-state index in [2.05, 4.69) is 11.9 Å². The molecule has 1 amide bonds. The number of methoxy groups -OCH3 is 1. The van der Waals surface area contributed by atoms with Crippen molar-refractivity contribution in [2.75, 3.05) is 13.7 Å². The molecule has 23 heavy (non-hydrogen) atoms. The molecule has 1 aliphatic rings. The molecule has 2 aromatic heterocycles. The molecular formula is C17H22N2O3S. The number of furan rings is 1.